The molecule has 3 heteroatoms. The van der Waals surface area contributed by atoms with Crippen molar-refractivity contribution in [2.24, 2.45) is 22.5 Å². The number of carbonyl (C=O) groups excluding carboxylic acids is 1. The summed E-state index contributed by atoms with van der Waals surface area (Å²) in [5, 5.41) is 0. The molecule has 1 amide bonds. The van der Waals surface area contributed by atoms with Gasteiger partial charge >= 0.3 is 0 Å². The monoisotopic (exact) mass is 284 g/mol. The zero-order chi connectivity index (χ0) is 16.0. The third-order valence-electron chi connectivity index (χ3n) is 3.50. The average molecular weight is 284 g/mol. The predicted octanol–water partition coefficient (Wildman–Crippen LogP) is 3.67. The lowest BCUT2D eigenvalue weighted by Crippen LogP contribution is -2.43. The van der Waals surface area contributed by atoms with Crippen molar-refractivity contribution in [1.29, 1.82) is 0 Å². The molecule has 0 rings (SSSR count). The lowest BCUT2D eigenvalue weighted by atomic mass is 9.84. The Balaban J connectivity index is 4.57. The first-order valence-corrected chi connectivity index (χ1v) is 7.98. The van der Waals surface area contributed by atoms with Crippen molar-refractivity contribution in [2.75, 3.05) is 19.6 Å². The molecule has 0 spiro atoms. The van der Waals surface area contributed by atoms with Gasteiger partial charge in [-0.25, -0.2) is 0 Å². The van der Waals surface area contributed by atoms with E-state index in [2.05, 4.69) is 48.5 Å². The molecule has 0 aromatic rings. The van der Waals surface area contributed by atoms with Crippen molar-refractivity contribution in [3.63, 3.8) is 0 Å². The Bertz CT molecular complexity index is 292. The summed E-state index contributed by atoms with van der Waals surface area (Å²) in [5.74, 6) is 0.716. The van der Waals surface area contributed by atoms with Crippen LogP contribution in [0.25, 0.3) is 0 Å². The van der Waals surface area contributed by atoms with Crippen LogP contribution in [0, 0.1) is 16.7 Å². The maximum absolute atomic E-state index is 12.5. The molecule has 1 atom stereocenters. The Labute approximate surface area is 126 Å². The van der Waals surface area contributed by atoms with E-state index in [-0.39, 0.29) is 16.7 Å². The van der Waals surface area contributed by atoms with Gasteiger partial charge in [0.05, 0.1) is 0 Å². The van der Waals surface area contributed by atoms with Crippen molar-refractivity contribution in [3.8, 4) is 0 Å². The molecular weight excluding hydrogens is 248 g/mol. The fourth-order valence-electron chi connectivity index (χ4n) is 2.69. The van der Waals surface area contributed by atoms with Crippen LogP contribution in [0.3, 0.4) is 0 Å². The first kappa shape index (κ1) is 19.4. The zero-order valence-corrected chi connectivity index (χ0v) is 14.8. The number of carbonyl (C=O) groups is 1. The van der Waals surface area contributed by atoms with E-state index >= 15 is 0 Å². The Morgan fingerprint density at radius 1 is 1.20 bits per heavy atom. The summed E-state index contributed by atoms with van der Waals surface area (Å²) in [7, 11) is 0. The highest BCUT2D eigenvalue weighted by Crippen LogP contribution is 2.26. The molecule has 0 aliphatic heterocycles. The fraction of sp³-hybridized carbons (Fsp3) is 0.941. The van der Waals surface area contributed by atoms with E-state index in [0.717, 1.165) is 25.9 Å². The van der Waals surface area contributed by atoms with Crippen molar-refractivity contribution >= 4 is 5.91 Å². The standard InChI is InChI=1S/C17H36N2O/c1-8-9-19(13-17(6,7)12-18)15(20)10-14(2)11-16(3,4)5/h14H,8-13,18H2,1-7H3. The number of hydrogen-bond acceptors (Lipinski definition) is 2. The van der Waals surface area contributed by atoms with Crippen LogP contribution in [-0.2, 0) is 4.79 Å². The normalized spacial score (nSPS) is 14.2. The molecule has 120 valence electrons. The van der Waals surface area contributed by atoms with Crippen molar-refractivity contribution in [1.82, 2.24) is 4.90 Å². The van der Waals surface area contributed by atoms with Crippen molar-refractivity contribution < 1.29 is 4.79 Å². The molecule has 0 saturated heterocycles. The smallest absolute Gasteiger partial charge is 0.222 e. The molecular formula is C17H36N2O. The van der Waals surface area contributed by atoms with Gasteiger partial charge < -0.3 is 10.6 Å². The highest BCUT2D eigenvalue weighted by molar-refractivity contribution is 5.76. The van der Waals surface area contributed by atoms with Gasteiger partial charge in [0.2, 0.25) is 5.91 Å². The number of rotatable bonds is 8. The van der Waals surface area contributed by atoms with Gasteiger partial charge in [0.15, 0.2) is 0 Å². The second kappa shape index (κ2) is 8.02. The van der Waals surface area contributed by atoms with Crippen LogP contribution in [0.4, 0.5) is 0 Å². The lowest BCUT2D eigenvalue weighted by molar-refractivity contribution is -0.133. The summed E-state index contributed by atoms with van der Waals surface area (Å²) in [6, 6.07) is 0. The Hall–Kier alpha value is -0.570. The summed E-state index contributed by atoms with van der Waals surface area (Å²) in [6.45, 7) is 17.5. The minimum absolute atomic E-state index is 0.00189. The summed E-state index contributed by atoms with van der Waals surface area (Å²) in [6.07, 6.45) is 2.73. The molecule has 2 N–H and O–H groups in total. The molecule has 0 aliphatic carbocycles. The Morgan fingerprint density at radius 2 is 1.75 bits per heavy atom. The van der Waals surface area contributed by atoms with E-state index in [1.165, 1.54) is 0 Å². The second-order valence-corrected chi connectivity index (χ2v) is 8.26. The topological polar surface area (TPSA) is 46.3 Å². The zero-order valence-electron chi connectivity index (χ0n) is 14.8. The number of nitrogens with zero attached hydrogens (tertiary/aromatic N) is 1. The number of nitrogens with two attached hydrogens (primary N) is 1. The first-order valence-electron chi connectivity index (χ1n) is 7.98. The van der Waals surface area contributed by atoms with E-state index in [1.54, 1.807) is 0 Å². The van der Waals surface area contributed by atoms with E-state index in [9.17, 15) is 4.79 Å². The highest BCUT2D eigenvalue weighted by atomic mass is 16.2. The maximum Gasteiger partial charge on any atom is 0.222 e. The third kappa shape index (κ3) is 8.57. The second-order valence-electron chi connectivity index (χ2n) is 8.26. The van der Waals surface area contributed by atoms with Gasteiger partial charge in [0.25, 0.3) is 0 Å². The summed E-state index contributed by atoms with van der Waals surface area (Å²) in [5.41, 5.74) is 6.08. The molecule has 0 bridgehead atoms. The first-order chi connectivity index (χ1) is 9.00. The average Bonchev–Trinajstić information content (AvgIpc) is 2.25. The molecule has 0 fully saturated rings. The van der Waals surface area contributed by atoms with Gasteiger partial charge in [-0.1, -0.05) is 48.5 Å². The van der Waals surface area contributed by atoms with Crippen molar-refractivity contribution in [2.45, 2.75) is 67.7 Å². The molecule has 0 radical (unpaired) electrons. The van der Waals surface area contributed by atoms with E-state index in [4.69, 9.17) is 5.73 Å². The summed E-state index contributed by atoms with van der Waals surface area (Å²) in [4.78, 5) is 14.5. The molecule has 0 aromatic carbocycles. The predicted molar refractivity (Wildman–Crippen MR) is 87.6 cm³/mol. The lowest BCUT2D eigenvalue weighted by Gasteiger charge is -2.33. The van der Waals surface area contributed by atoms with Gasteiger partial charge in [-0.3, -0.25) is 4.79 Å². The largest absolute Gasteiger partial charge is 0.342 e. The number of amides is 1. The molecule has 0 aliphatic rings. The fourth-order valence-corrected chi connectivity index (χ4v) is 2.69. The van der Waals surface area contributed by atoms with Gasteiger partial charge in [-0.05, 0) is 36.1 Å². The Kier molecular flexibility index (Phi) is 7.79. The molecule has 0 heterocycles. The number of hydrogen-bond donors (Lipinski definition) is 1. The van der Waals surface area contributed by atoms with E-state index < -0.39 is 0 Å². The van der Waals surface area contributed by atoms with Crippen LogP contribution in [0.15, 0.2) is 0 Å². The van der Waals surface area contributed by atoms with Crippen LogP contribution >= 0.6 is 0 Å². The molecule has 0 aromatic heterocycles. The third-order valence-corrected chi connectivity index (χ3v) is 3.50. The SMILES string of the molecule is CCCN(CC(C)(C)CN)C(=O)CC(C)CC(C)(C)C. The van der Waals surface area contributed by atoms with E-state index in [0.29, 0.717) is 18.9 Å². The molecule has 0 saturated carbocycles. The maximum atomic E-state index is 12.5. The highest BCUT2D eigenvalue weighted by Gasteiger charge is 2.25. The summed E-state index contributed by atoms with van der Waals surface area (Å²) < 4.78 is 0. The van der Waals surface area contributed by atoms with Gasteiger partial charge in [0, 0.05) is 19.5 Å². The van der Waals surface area contributed by atoms with Crippen LogP contribution in [0.2, 0.25) is 0 Å². The minimum atomic E-state index is -0.00189. The molecule has 20 heavy (non-hydrogen) atoms. The molecule has 1 unspecified atom stereocenters. The van der Waals surface area contributed by atoms with Gasteiger partial charge in [-0.15, -0.1) is 0 Å². The van der Waals surface area contributed by atoms with Gasteiger partial charge in [-0.2, -0.15) is 0 Å². The van der Waals surface area contributed by atoms with Crippen LogP contribution in [0.5, 0.6) is 0 Å². The quantitative estimate of drug-likeness (QED) is 0.739. The summed E-state index contributed by atoms with van der Waals surface area (Å²) >= 11 is 0. The van der Waals surface area contributed by atoms with Gasteiger partial charge in [0.1, 0.15) is 0 Å². The molecule has 3 nitrogen and oxygen atoms in total. The van der Waals surface area contributed by atoms with E-state index in [1.807, 2.05) is 4.90 Å². The van der Waals surface area contributed by atoms with Crippen LogP contribution in [0.1, 0.15) is 67.7 Å². The van der Waals surface area contributed by atoms with Crippen LogP contribution < -0.4 is 5.73 Å². The Morgan fingerprint density at radius 3 is 2.15 bits per heavy atom. The minimum Gasteiger partial charge on any atom is -0.342 e. The van der Waals surface area contributed by atoms with Crippen molar-refractivity contribution in [3.05, 3.63) is 0 Å². The van der Waals surface area contributed by atoms with Crippen LogP contribution in [-0.4, -0.2) is 30.4 Å².